The Hall–Kier alpha value is -2.62. The third-order valence-corrected chi connectivity index (χ3v) is 6.24. The molecule has 1 aromatic carbocycles. The highest BCUT2D eigenvalue weighted by Gasteiger charge is 2.32. The Balaban J connectivity index is 1.83. The maximum absolute atomic E-state index is 11.8. The zero-order valence-corrected chi connectivity index (χ0v) is 16.4. The highest BCUT2D eigenvalue weighted by atomic mass is 32.2. The van der Waals surface area contributed by atoms with Crippen LogP contribution in [-0.2, 0) is 9.84 Å². The lowest BCUT2D eigenvalue weighted by atomic mass is 10.2. The van der Waals surface area contributed by atoms with Gasteiger partial charge in [-0.05, 0) is 25.5 Å². The molecule has 0 radical (unpaired) electrons. The van der Waals surface area contributed by atoms with Crippen LogP contribution in [0.1, 0.15) is 13.3 Å². The predicted molar refractivity (Wildman–Crippen MR) is 103 cm³/mol. The molecule has 1 aliphatic rings. The smallest absolute Gasteiger partial charge is 0.249 e. The van der Waals surface area contributed by atoms with Crippen molar-refractivity contribution in [2.24, 2.45) is 0 Å². The second-order valence-corrected chi connectivity index (χ2v) is 8.40. The molecule has 1 atom stereocenters. The van der Waals surface area contributed by atoms with E-state index in [-0.39, 0.29) is 17.5 Å². The van der Waals surface area contributed by atoms with Crippen LogP contribution in [0.3, 0.4) is 0 Å². The van der Waals surface area contributed by atoms with Crippen molar-refractivity contribution in [1.29, 1.82) is 0 Å². The molecule has 1 fully saturated rings. The Morgan fingerprint density at radius 3 is 2.74 bits per heavy atom. The molecular weight excluding hydrogens is 370 g/mol. The summed E-state index contributed by atoms with van der Waals surface area (Å²) in [5.41, 5.74) is 0.670. The lowest BCUT2D eigenvalue weighted by Crippen LogP contribution is -2.37. The molecule has 27 heavy (non-hydrogen) atoms. The normalized spacial score (nSPS) is 18.1. The molecule has 146 valence electrons. The van der Waals surface area contributed by atoms with Gasteiger partial charge in [0.1, 0.15) is 11.5 Å². The molecule has 1 unspecified atom stereocenters. The molecule has 2 heterocycles. The first-order valence-corrected chi connectivity index (χ1v) is 10.4. The van der Waals surface area contributed by atoms with Crippen LogP contribution in [0.4, 0.5) is 17.5 Å². The lowest BCUT2D eigenvalue weighted by Gasteiger charge is -2.27. The van der Waals surface area contributed by atoms with E-state index in [1.54, 1.807) is 38.6 Å². The van der Waals surface area contributed by atoms with Crippen LogP contribution in [0, 0.1) is 0 Å². The van der Waals surface area contributed by atoms with Gasteiger partial charge in [0.2, 0.25) is 5.95 Å². The van der Waals surface area contributed by atoms with Gasteiger partial charge >= 0.3 is 0 Å². The molecule has 2 aromatic rings. The number of nitrogens with one attached hydrogen (secondary N) is 1. The number of sulfone groups is 1. The Morgan fingerprint density at radius 1 is 1.30 bits per heavy atom. The molecule has 0 saturated carbocycles. The van der Waals surface area contributed by atoms with E-state index in [1.807, 2.05) is 11.8 Å². The number of aromatic nitrogens is 3. The average Bonchev–Trinajstić information content (AvgIpc) is 3.02. The van der Waals surface area contributed by atoms with Crippen LogP contribution in [0.15, 0.2) is 24.4 Å². The molecule has 0 bridgehead atoms. The molecule has 9 nitrogen and oxygen atoms in total. The number of rotatable bonds is 7. The van der Waals surface area contributed by atoms with Gasteiger partial charge in [0.05, 0.1) is 37.6 Å². The number of benzene rings is 1. The van der Waals surface area contributed by atoms with Gasteiger partial charge in [-0.1, -0.05) is 0 Å². The van der Waals surface area contributed by atoms with Crippen molar-refractivity contribution in [2.45, 2.75) is 19.4 Å². The molecule has 10 heteroatoms. The summed E-state index contributed by atoms with van der Waals surface area (Å²) in [6.45, 7) is 2.59. The Kier molecular flexibility index (Phi) is 5.64. The molecule has 0 spiro atoms. The Labute approximate surface area is 158 Å². The van der Waals surface area contributed by atoms with Crippen LogP contribution in [0.2, 0.25) is 0 Å². The summed E-state index contributed by atoms with van der Waals surface area (Å²) in [5, 5.41) is 11.1. The number of hydrogen-bond donors (Lipinski definition) is 1. The molecular formula is C17H23N5O4S. The SMILES string of the molecule is CCN(c1cnnc(Nc2ccc(OC)cc2OC)n1)C1CCS(=O)(=O)C1. The first-order valence-electron chi connectivity index (χ1n) is 8.61. The minimum Gasteiger partial charge on any atom is -0.497 e. The fourth-order valence-corrected chi connectivity index (χ4v) is 4.87. The van der Waals surface area contributed by atoms with E-state index in [0.29, 0.717) is 41.9 Å². The van der Waals surface area contributed by atoms with E-state index in [1.165, 1.54) is 0 Å². The summed E-state index contributed by atoms with van der Waals surface area (Å²) in [4.78, 5) is 6.46. The number of anilines is 3. The second kappa shape index (κ2) is 7.95. The Bertz CT molecular complexity index is 906. The van der Waals surface area contributed by atoms with E-state index in [2.05, 4.69) is 20.5 Å². The Morgan fingerprint density at radius 2 is 2.11 bits per heavy atom. The van der Waals surface area contributed by atoms with Gasteiger partial charge in [-0.15, -0.1) is 5.10 Å². The number of ether oxygens (including phenoxy) is 2. The zero-order valence-electron chi connectivity index (χ0n) is 15.5. The average molecular weight is 393 g/mol. The van der Waals surface area contributed by atoms with E-state index in [0.717, 1.165) is 0 Å². The van der Waals surface area contributed by atoms with Gasteiger partial charge in [-0.25, -0.2) is 8.42 Å². The number of methoxy groups -OCH3 is 2. The van der Waals surface area contributed by atoms with Crippen molar-refractivity contribution in [3.63, 3.8) is 0 Å². The standard InChI is InChI=1S/C17H23N5O4S/c1-4-22(12-7-8-27(23,24)11-12)16-10-18-21-17(20-16)19-14-6-5-13(25-2)9-15(14)26-3/h5-6,9-10,12H,4,7-8,11H2,1-3H3,(H,19,20,21). The summed E-state index contributed by atoms with van der Waals surface area (Å²) in [7, 11) is 0.166. The largest absolute Gasteiger partial charge is 0.497 e. The molecule has 0 aliphatic carbocycles. The molecule has 3 rings (SSSR count). The van der Waals surface area contributed by atoms with Gasteiger partial charge in [0.15, 0.2) is 15.7 Å². The maximum Gasteiger partial charge on any atom is 0.249 e. The molecule has 1 N–H and O–H groups in total. The number of hydrogen-bond acceptors (Lipinski definition) is 9. The van der Waals surface area contributed by atoms with Crippen molar-refractivity contribution in [2.75, 3.05) is 42.5 Å². The van der Waals surface area contributed by atoms with Crippen molar-refractivity contribution in [3.05, 3.63) is 24.4 Å². The highest BCUT2D eigenvalue weighted by molar-refractivity contribution is 7.91. The lowest BCUT2D eigenvalue weighted by molar-refractivity contribution is 0.395. The van der Waals surface area contributed by atoms with Crippen LogP contribution in [0.5, 0.6) is 11.5 Å². The van der Waals surface area contributed by atoms with E-state index in [9.17, 15) is 8.42 Å². The van der Waals surface area contributed by atoms with Crippen LogP contribution in [-0.4, -0.2) is 61.9 Å². The van der Waals surface area contributed by atoms with Gasteiger partial charge < -0.3 is 19.7 Å². The fraction of sp³-hybridized carbons (Fsp3) is 0.471. The van der Waals surface area contributed by atoms with E-state index < -0.39 is 9.84 Å². The van der Waals surface area contributed by atoms with E-state index >= 15 is 0 Å². The van der Waals surface area contributed by atoms with Crippen LogP contribution in [0.25, 0.3) is 0 Å². The first kappa shape index (κ1) is 19.2. The fourth-order valence-electron chi connectivity index (χ4n) is 3.14. The predicted octanol–water partition coefficient (Wildman–Crippen LogP) is 1.65. The van der Waals surface area contributed by atoms with Crippen molar-refractivity contribution < 1.29 is 17.9 Å². The molecule has 1 aliphatic heterocycles. The topological polar surface area (TPSA) is 107 Å². The third kappa shape index (κ3) is 4.38. The van der Waals surface area contributed by atoms with Gasteiger partial charge in [-0.3, -0.25) is 0 Å². The molecule has 1 saturated heterocycles. The first-order chi connectivity index (χ1) is 13.0. The van der Waals surface area contributed by atoms with Crippen molar-refractivity contribution in [3.8, 4) is 11.5 Å². The number of nitrogens with zero attached hydrogens (tertiary/aromatic N) is 4. The van der Waals surface area contributed by atoms with Gasteiger partial charge in [-0.2, -0.15) is 10.1 Å². The molecule has 1 aromatic heterocycles. The summed E-state index contributed by atoms with van der Waals surface area (Å²) in [6, 6.07) is 5.25. The zero-order chi connectivity index (χ0) is 19.4. The van der Waals surface area contributed by atoms with Crippen LogP contribution < -0.4 is 19.7 Å². The highest BCUT2D eigenvalue weighted by Crippen LogP contribution is 2.31. The second-order valence-electron chi connectivity index (χ2n) is 6.17. The summed E-state index contributed by atoms with van der Waals surface area (Å²) >= 11 is 0. The third-order valence-electron chi connectivity index (χ3n) is 4.49. The minimum atomic E-state index is -2.98. The summed E-state index contributed by atoms with van der Waals surface area (Å²) in [6.07, 6.45) is 2.14. The summed E-state index contributed by atoms with van der Waals surface area (Å²) < 4.78 is 34.2. The van der Waals surface area contributed by atoms with Gasteiger partial charge in [0, 0.05) is 18.7 Å². The van der Waals surface area contributed by atoms with Crippen molar-refractivity contribution >= 4 is 27.3 Å². The molecule has 0 amide bonds. The van der Waals surface area contributed by atoms with Crippen LogP contribution >= 0.6 is 0 Å². The maximum atomic E-state index is 11.8. The van der Waals surface area contributed by atoms with Crippen molar-refractivity contribution in [1.82, 2.24) is 15.2 Å². The van der Waals surface area contributed by atoms with E-state index in [4.69, 9.17) is 9.47 Å². The van der Waals surface area contributed by atoms with Gasteiger partial charge in [0.25, 0.3) is 0 Å². The summed E-state index contributed by atoms with van der Waals surface area (Å²) in [5.74, 6) is 2.49. The quantitative estimate of drug-likeness (QED) is 0.751. The minimum absolute atomic E-state index is 0.0972. The monoisotopic (exact) mass is 393 g/mol.